The van der Waals surface area contributed by atoms with E-state index in [9.17, 15) is 12.8 Å². The van der Waals surface area contributed by atoms with E-state index in [1.54, 1.807) is 24.3 Å². The number of likely N-dealkylation sites (tertiary alicyclic amines) is 1. The van der Waals surface area contributed by atoms with E-state index >= 15 is 0 Å². The molecule has 4 nitrogen and oxygen atoms in total. The molecule has 1 atom stereocenters. The molecule has 1 heterocycles. The van der Waals surface area contributed by atoms with Crippen molar-refractivity contribution >= 4 is 15.7 Å². The van der Waals surface area contributed by atoms with Crippen LogP contribution >= 0.6 is 0 Å². The van der Waals surface area contributed by atoms with Gasteiger partial charge in [0.25, 0.3) is 10.0 Å². The van der Waals surface area contributed by atoms with E-state index in [4.69, 9.17) is 0 Å². The first-order valence-corrected chi connectivity index (χ1v) is 11.5. The van der Waals surface area contributed by atoms with E-state index < -0.39 is 10.0 Å². The molecule has 0 aliphatic carbocycles. The smallest absolute Gasteiger partial charge is 0.261 e. The number of halogens is 1. The standard InChI is InChI=1S/C22H29FN2O2S/c1-2-15-25-16-13-20(17-25)19-7-9-21(10-8-19)24-28(26,27)22-11-5-18(6-12-22)4-3-14-23/h5-12,20,24H,2-4,13-17H2,1H3. The fourth-order valence-corrected chi connectivity index (χ4v) is 4.83. The Morgan fingerprint density at radius 2 is 1.82 bits per heavy atom. The molecule has 3 rings (SSSR count). The molecule has 0 bridgehead atoms. The van der Waals surface area contributed by atoms with Crippen molar-refractivity contribution in [3.63, 3.8) is 0 Å². The molecule has 1 saturated heterocycles. The molecule has 0 saturated carbocycles. The first kappa shape index (κ1) is 20.8. The maximum absolute atomic E-state index is 12.6. The molecule has 1 fully saturated rings. The zero-order valence-electron chi connectivity index (χ0n) is 16.4. The number of hydrogen-bond donors (Lipinski definition) is 1. The molecule has 2 aromatic rings. The van der Waals surface area contributed by atoms with Crippen molar-refractivity contribution in [2.24, 2.45) is 0 Å². The minimum atomic E-state index is -3.63. The maximum atomic E-state index is 12.6. The SMILES string of the molecule is CCCN1CCC(c2ccc(NS(=O)(=O)c3ccc(CCCF)cc3)cc2)C1. The molecular formula is C22H29FN2O2S. The summed E-state index contributed by atoms with van der Waals surface area (Å²) in [6.45, 7) is 5.18. The monoisotopic (exact) mass is 404 g/mol. The van der Waals surface area contributed by atoms with E-state index in [-0.39, 0.29) is 11.6 Å². The minimum Gasteiger partial charge on any atom is -0.303 e. The molecule has 1 aliphatic rings. The summed E-state index contributed by atoms with van der Waals surface area (Å²) >= 11 is 0. The second kappa shape index (κ2) is 9.52. The highest BCUT2D eigenvalue weighted by atomic mass is 32.2. The summed E-state index contributed by atoms with van der Waals surface area (Å²) in [6.07, 6.45) is 3.39. The van der Waals surface area contributed by atoms with E-state index in [2.05, 4.69) is 16.5 Å². The Labute approximate surface area is 167 Å². The van der Waals surface area contributed by atoms with Gasteiger partial charge < -0.3 is 4.90 Å². The molecule has 0 aromatic heterocycles. The number of benzene rings is 2. The predicted molar refractivity (Wildman–Crippen MR) is 112 cm³/mol. The molecular weight excluding hydrogens is 375 g/mol. The molecule has 0 spiro atoms. The van der Waals surface area contributed by atoms with Crippen LogP contribution < -0.4 is 4.72 Å². The Balaban J connectivity index is 1.63. The van der Waals surface area contributed by atoms with Gasteiger partial charge in [0.15, 0.2) is 0 Å². The van der Waals surface area contributed by atoms with Crippen molar-refractivity contribution in [1.29, 1.82) is 0 Å². The van der Waals surface area contributed by atoms with Crippen LogP contribution in [0.3, 0.4) is 0 Å². The van der Waals surface area contributed by atoms with Gasteiger partial charge in [-0.2, -0.15) is 0 Å². The van der Waals surface area contributed by atoms with Crippen LogP contribution in [-0.4, -0.2) is 39.6 Å². The topological polar surface area (TPSA) is 49.4 Å². The van der Waals surface area contributed by atoms with Crippen LogP contribution in [0.2, 0.25) is 0 Å². The van der Waals surface area contributed by atoms with Gasteiger partial charge in [0.2, 0.25) is 0 Å². The number of nitrogens with zero attached hydrogens (tertiary/aromatic N) is 1. The summed E-state index contributed by atoms with van der Waals surface area (Å²) in [5.41, 5.74) is 2.77. The third-order valence-corrected chi connectivity index (χ3v) is 6.68. The fraction of sp³-hybridized carbons (Fsp3) is 0.455. The van der Waals surface area contributed by atoms with Crippen LogP contribution in [0.5, 0.6) is 0 Å². The Morgan fingerprint density at radius 3 is 2.46 bits per heavy atom. The van der Waals surface area contributed by atoms with Crippen molar-refractivity contribution in [2.45, 2.75) is 43.4 Å². The minimum absolute atomic E-state index is 0.214. The van der Waals surface area contributed by atoms with Gasteiger partial charge in [0, 0.05) is 12.2 Å². The van der Waals surface area contributed by atoms with Crippen LogP contribution in [0, 0.1) is 0 Å². The number of rotatable bonds is 9. The van der Waals surface area contributed by atoms with Crippen LogP contribution in [0.25, 0.3) is 0 Å². The van der Waals surface area contributed by atoms with E-state index in [0.29, 0.717) is 24.4 Å². The zero-order valence-corrected chi connectivity index (χ0v) is 17.2. The number of sulfonamides is 1. The van der Waals surface area contributed by atoms with Gasteiger partial charge in [-0.1, -0.05) is 31.2 Å². The average molecular weight is 405 g/mol. The third kappa shape index (κ3) is 5.32. The lowest BCUT2D eigenvalue weighted by Crippen LogP contribution is -2.20. The van der Waals surface area contributed by atoms with Crippen molar-refractivity contribution in [2.75, 3.05) is 31.0 Å². The number of nitrogens with one attached hydrogen (secondary N) is 1. The third-order valence-electron chi connectivity index (χ3n) is 5.28. The average Bonchev–Trinajstić information content (AvgIpc) is 3.16. The summed E-state index contributed by atoms with van der Waals surface area (Å²) in [7, 11) is -3.63. The second-order valence-corrected chi connectivity index (χ2v) is 9.13. The van der Waals surface area contributed by atoms with E-state index in [0.717, 1.165) is 31.6 Å². The molecule has 28 heavy (non-hydrogen) atoms. The molecule has 2 aromatic carbocycles. The lowest BCUT2D eigenvalue weighted by molar-refractivity contribution is 0.335. The Kier molecular flexibility index (Phi) is 7.08. The summed E-state index contributed by atoms with van der Waals surface area (Å²) < 4.78 is 40.1. The summed E-state index contributed by atoms with van der Waals surface area (Å²) in [6, 6.07) is 14.4. The fourth-order valence-electron chi connectivity index (χ4n) is 3.77. The molecule has 0 radical (unpaired) electrons. The van der Waals surface area contributed by atoms with Crippen LogP contribution in [0.15, 0.2) is 53.4 Å². The first-order chi connectivity index (χ1) is 13.5. The van der Waals surface area contributed by atoms with Crippen LogP contribution in [0.4, 0.5) is 10.1 Å². The van der Waals surface area contributed by atoms with Gasteiger partial charge in [-0.15, -0.1) is 0 Å². The summed E-state index contributed by atoms with van der Waals surface area (Å²) in [4.78, 5) is 2.70. The molecule has 1 N–H and O–H groups in total. The first-order valence-electron chi connectivity index (χ1n) is 10.0. The van der Waals surface area contributed by atoms with Gasteiger partial charge in [-0.3, -0.25) is 9.11 Å². The number of alkyl halides is 1. The highest BCUT2D eigenvalue weighted by Gasteiger charge is 2.23. The summed E-state index contributed by atoms with van der Waals surface area (Å²) in [5, 5.41) is 0. The summed E-state index contributed by atoms with van der Waals surface area (Å²) in [5.74, 6) is 0.522. The molecule has 152 valence electrons. The highest BCUT2D eigenvalue weighted by Crippen LogP contribution is 2.28. The van der Waals surface area contributed by atoms with Gasteiger partial charge >= 0.3 is 0 Å². The Hall–Kier alpha value is -1.92. The number of aryl methyl sites for hydroxylation is 1. The zero-order chi connectivity index (χ0) is 20.0. The normalized spacial score (nSPS) is 17.7. The maximum Gasteiger partial charge on any atom is 0.261 e. The number of hydrogen-bond acceptors (Lipinski definition) is 3. The highest BCUT2D eigenvalue weighted by molar-refractivity contribution is 7.92. The van der Waals surface area contributed by atoms with Crippen LogP contribution in [-0.2, 0) is 16.4 Å². The van der Waals surface area contributed by atoms with Crippen molar-refractivity contribution < 1.29 is 12.8 Å². The molecule has 0 amide bonds. The predicted octanol–water partition coefficient (Wildman–Crippen LogP) is 4.59. The quantitative estimate of drug-likeness (QED) is 0.665. The largest absolute Gasteiger partial charge is 0.303 e. The van der Waals surface area contributed by atoms with Crippen LogP contribution in [0.1, 0.15) is 43.2 Å². The van der Waals surface area contributed by atoms with Gasteiger partial charge in [-0.25, -0.2) is 8.42 Å². The van der Waals surface area contributed by atoms with Gasteiger partial charge in [-0.05, 0) is 80.1 Å². The lowest BCUT2D eigenvalue weighted by Gasteiger charge is -2.15. The number of anilines is 1. The molecule has 1 aliphatic heterocycles. The lowest BCUT2D eigenvalue weighted by atomic mass is 9.98. The van der Waals surface area contributed by atoms with Crippen molar-refractivity contribution in [3.8, 4) is 0 Å². The Morgan fingerprint density at radius 1 is 1.11 bits per heavy atom. The van der Waals surface area contributed by atoms with Crippen molar-refractivity contribution in [1.82, 2.24) is 4.90 Å². The van der Waals surface area contributed by atoms with Gasteiger partial charge in [0.1, 0.15) is 0 Å². The van der Waals surface area contributed by atoms with E-state index in [1.807, 2.05) is 24.3 Å². The molecule has 1 unspecified atom stereocenters. The van der Waals surface area contributed by atoms with Crippen molar-refractivity contribution in [3.05, 3.63) is 59.7 Å². The van der Waals surface area contributed by atoms with E-state index in [1.165, 1.54) is 12.0 Å². The Bertz CT molecular complexity index is 851. The molecule has 6 heteroatoms. The second-order valence-electron chi connectivity index (χ2n) is 7.45. The van der Waals surface area contributed by atoms with Gasteiger partial charge in [0.05, 0.1) is 11.6 Å².